The minimum absolute atomic E-state index is 0.0889. The lowest BCUT2D eigenvalue weighted by Gasteiger charge is -2.34. The maximum Gasteiger partial charge on any atom is 0.239 e. The third-order valence-corrected chi connectivity index (χ3v) is 6.23. The van der Waals surface area contributed by atoms with E-state index in [1.165, 1.54) is 12.5 Å². The number of ether oxygens (including phenoxy) is 1. The molecule has 0 aliphatic carbocycles. The molecule has 10 nitrogen and oxygen atoms in total. The van der Waals surface area contributed by atoms with Gasteiger partial charge in [0.15, 0.2) is 5.82 Å². The summed E-state index contributed by atoms with van der Waals surface area (Å²) in [6.07, 6.45) is 0. The Balaban J connectivity index is 1.32. The first-order valence-electron chi connectivity index (χ1n) is 12.8. The van der Waals surface area contributed by atoms with Crippen LogP contribution in [0.4, 0.5) is 11.6 Å². The van der Waals surface area contributed by atoms with Gasteiger partial charge in [0.25, 0.3) is 0 Å². The summed E-state index contributed by atoms with van der Waals surface area (Å²) < 4.78 is 5.23. The molecule has 1 fully saturated rings. The van der Waals surface area contributed by atoms with Crippen molar-refractivity contribution >= 4 is 23.5 Å². The van der Waals surface area contributed by atoms with Gasteiger partial charge in [-0.05, 0) is 17.7 Å². The van der Waals surface area contributed by atoms with Crippen molar-refractivity contribution in [3.63, 3.8) is 0 Å². The van der Waals surface area contributed by atoms with E-state index >= 15 is 0 Å². The number of amides is 2. The number of hydrogen-bond acceptors (Lipinski definition) is 8. The fourth-order valence-corrected chi connectivity index (χ4v) is 4.23. The first-order valence-corrected chi connectivity index (χ1v) is 12.8. The lowest BCUT2D eigenvalue weighted by atomic mass is 10.2. The van der Waals surface area contributed by atoms with Crippen LogP contribution in [0, 0.1) is 0 Å². The average molecular weight is 518 g/mol. The van der Waals surface area contributed by atoms with Crippen molar-refractivity contribution in [3.05, 3.63) is 66.2 Å². The molecule has 3 N–H and O–H groups in total. The van der Waals surface area contributed by atoms with Crippen LogP contribution >= 0.6 is 0 Å². The van der Waals surface area contributed by atoms with Crippen molar-refractivity contribution in [1.29, 1.82) is 0 Å². The van der Waals surface area contributed by atoms with E-state index in [2.05, 4.69) is 47.9 Å². The topological polar surface area (TPSA) is 112 Å². The summed E-state index contributed by atoms with van der Waals surface area (Å²) in [5.74, 6) is 2.18. The second-order valence-electron chi connectivity index (χ2n) is 9.19. The molecular weight excluding hydrogens is 482 g/mol. The van der Waals surface area contributed by atoms with Crippen LogP contribution in [0.5, 0.6) is 5.75 Å². The molecule has 0 radical (unpaired) electrons. The minimum atomic E-state index is -0.115. The SMILES string of the molecule is COc1ccc(CN2CCN(CC(=O)Nc3cc(NCCNC(C)=O)nc(-c4ccccc4)n3)CC2)cc1. The van der Waals surface area contributed by atoms with Crippen molar-refractivity contribution in [2.75, 3.05) is 63.6 Å². The summed E-state index contributed by atoms with van der Waals surface area (Å²) in [5.41, 5.74) is 2.10. The number of aromatic nitrogens is 2. The lowest BCUT2D eigenvalue weighted by Crippen LogP contribution is -2.48. The van der Waals surface area contributed by atoms with E-state index in [-0.39, 0.29) is 11.8 Å². The summed E-state index contributed by atoms with van der Waals surface area (Å²) in [5, 5.41) is 8.89. The van der Waals surface area contributed by atoms with Gasteiger partial charge in [-0.15, -0.1) is 0 Å². The van der Waals surface area contributed by atoms with Gasteiger partial charge in [0.05, 0.1) is 13.7 Å². The van der Waals surface area contributed by atoms with Gasteiger partial charge in [0.1, 0.15) is 17.4 Å². The number of methoxy groups -OCH3 is 1. The molecule has 1 aliphatic heterocycles. The van der Waals surface area contributed by atoms with E-state index in [0.717, 1.165) is 44.0 Å². The molecule has 0 saturated carbocycles. The molecule has 0 unspecified atom stereocenters. The Kier molecular flexibility index (Phi) is 9.60. The summed E-state index contributed by atoms with van der Waals surface area (Å²) >= 11 is 0. The third kappa shape index (κ3) is 8.25. The maximum absolute atomic E-state index is 12.9. The molecule has 0 atom stereocenters. The zero-order valence-electron chi connectivity index (χ0n) is 21.9. The second kappa shape index (κ2) is 13.5. The summed E-state index contributed by atoms with van der Waals surface area (Å²) in [7, 11) is 1.67. The van der Waals surface area contributed by atoms with E-state index in [1.54, 1.807) is 13.2 Å². The number of nitrogens with zero attached hydrogens (tertiary/aromatic N) is 4. The van der Waals surface area contributed by atoms with Gasteiger partial charge in [-0.1, -0.05) is 42.5 Å². The van der Waals surface area contributed by atoms with Crippen LogP contribution < -0.4 is 20.7 Å². The van der Waals surface area contributed by atoms with Gasteiger partial charge in [0, 0.05) is 64.4 Å². The van der Waals surface area contributed by atoms with E-state index in [0.29, 0.717) is 37.1 Å². The largest absolute Gasteiger partial charge is 0.497 e. The van der Waals surface area contributed by atoms with E-state index in [1.807, 2.05) is 42.5 Å². The van der Waals surface area contributed by atoms with Gasteiger partial charge < -0.3 is 20.7 Å². The smallest absolute Gasteiger partial charge is 0.239 e. The van der Waals surface area contributed by atoms with Crippen molar-refractivity contribution in [2.24, 2.45) is 0 Å². The monoisotopic (exact) mass is 517 g/mol. The molecule has 3 aromatic rings. The molecule has 2 aromatic carbocycles. The quantitative estimate of drug-likeness (QED) is 0.333. The number of carbonyl (C=O) groups is 2. The number of hydrogen-bond donors (Lipinski definition) is 3. The van der Waals surface area contributed by atoms with Crippen molar-refractivity contribution in [2.45, 2.75) is 13.5 Å². The number of benzene rings is 2. The molecule has 0 bridgehead atoms. The predicted molar refractivity (Wildman–Crippen MR) is 148 cm³/mol. The number of anilines is 2. The fourth-order valence-electron chi connectivity index (χ4n) is 4.23. The molecule has 1 aromatic heterocycles. The van der Waals surface area contributed by atoms with Gasteiger partial charge in [-0.3, -0.25) is 19.4 Å². The first-order chi connectivity index (χ1) is 18.5. The molecule has 1 aliphatic rings. The van der Waals surface area contributed by atoms with Crippen LogP contribution in [-0.2, 0) is 16.1 Å². The summed E-state index contributed by atoms with van der Waals surface area (Å²) in [6, 6.07) is 19.5. The Morgan fingerprint density at radius 2 is 1.58 bits per heavy atom. The van der Waals surface area contributed by atoms with Crippen molar-refractivity contribution < 1.29 is 14.3 Å². The van der Waals surface area contributed by atoms with Crippen LogP contribution in [0.2, 0.25) is 0 Å². The Morgan fingerprint density at radius 1 is 0.895 bits per heavy atom. The van der Waals surface area contributed by atoms with Gasteiger partial charge >= 0.3 is 0 Å². The number of piperazine rings is 1. The van der Waals surface area contributed by atoms with Gasteiger partial charge in [0.2, 0.25) is 11.8 Å². The number of carbonyl (C=O) groups excluding carboxylic acids is 2. The highest BCUT2D eigenvalue weighted by Crippen LogP contribution is 2.20. The van der Waals surface area contributed by atoms with Crippen LogP contribution in [0.25, 0.3) is 11.4 Å². The van der Waals surface area contributed by atoms with E-state index in [4.69, 9.17) is 4.74 Å². The van der Waals surface area contributed by atoms with Gasteiger partial charge in [-0.2, -0.15) is 0 Å². The average Bonchev–Trinajstić information content (AvgIpc) is 2.93. The van der Waals surface area contributed by atoms with Gasteiger partial charge in [-0.25, -0.2) is 9.97 Å². The lowest BCUT2D eigenvalue weighted by molar-refractivity contribution is -0.119. The summed E-state index contributed by atoms with van der Waals surface area (Å²) in [6.45, 7) is 7.05. The molecule has 38 heavy (non-hydrogen) atoms. The van der Waals surface area contributed by atoms with E-state index in [9.17, 15) is 9.59 Å². The number of nitrogens with one attached hydrogen (secondary N) is 3. The Hall–Kier alpha value is -4.02. The standard InChI is InChI=1S/C28H35N7O3/c1-21(36)29-12-13-30-25-18-26(33-28(32-25)23-6-4-3-5-7-23)31-27(37)20-35-16-14-34(15-17-35)19-22-8-10-24(38-2)11-9-22/h3-11,18H,12-17,19-20H2,1-2H3,(H,29,36)(H2,30,31,32,33,37). The molecule has 2 heterocycles. The highest BCUT2D eigenvalue weighted by atomic mass is 16.5. The zero-order chi connectivity index (χ0) is 26.7. The highest BCUT2D eigenvalue weighted by Gasteiger charge is 2.20. The fraction of sp³-hybridized carbons (Fsp3) is 0.357. The number of rotatable bonds is 11. The molecular formula is C28H35N7O3. The maximum atomic E-state index is 12.9. The molecule has 10 heteroatoms. The van der Waals surface area contributed by atoms with Crippen LogP contribution in [0.1, 0.15) is 12.5 Å². The predicted octanol–water partition coefficient (Wildman–Crippen LogP) is 2.46. The van der Waals surface area contributed by atoms with Crippen LogP contribution in [0.15, 0.2) is 60.7 Å². The molecule has 0 spiro atoms. The van der Waals surface area contributed by atoms with E-state index < -0.39 is 0 Å². The second-order valence-corrected chi connectivity index (χ2v) is 9.19. The molecule has 1 saturated heterocycles. The Labute approximate surface area is 223 Å². The Bertz CT molecular complexity index is 1200. The Morgan fingerprint density at radius 3 is 2.26 bits per heavy atom. The normalized spacial score (nSPS) is 14.1. The molecule has 4 rings (SSSR count). The zero-order valence-corrected chi connectivity index (χ0v) is 21.9. The van der Waals surface area contributed by atoms with Crippen molar-refractivity contribution in [3.8, 4) is 17.1 Å². The third-order valence-electron chi connectivity index (χ3n) is 6.23. The molecule has 2 amide bonds. The van der Waals surface area contributed by atoms with Crippen LogP contribution in [0.3, 0.4) is 0 Å². The van der Waals surface area contributed by atoms with Crippen molar-refractivity contribution in [1.82, 2.24) is 25.1 Å². The molecule has 200 valence electrons. The van der Waals surface area contributed by atoms with Crippen LogP contribution in [-0.4, -0.2) is 84.5 Å². The summed E-state index contributed by atoms with van der Waals surface area (Å²) in [4.78, 5) is 37.7. The first kappa shape index (κ1) is 27.0. The minimum Gasteiger partial charge on any atom is -0.497 e. The highest BCUT2D eigenvalue weighted by molar-refractivity contribution is 5.92.